The summed E-state index contributed by atoms with van der Waals surface area (Å²) in [7, 11) is 1.33. The summed E-state index contributed by atoms with van der Waals surface area (Å²) >= 11 is 0. The zero-order valence-electron chi connectivity index (χ0n) is 18.7. The number of methoxy groups -OCH3 is 1. The predicted octanol–water partition coefficient (Wildman–Crippen LogP) is 4.25. The number of ketones is 1. The highest BCUT2D eigenvalue weighted by atomic mass is 19.1. The third-order valence-electron chi connectivity index (χ3n) is 5.57. The number of hydrogen-bond donors (Lipinski definition) is 1. The Morgan fingerprint density at radius 3 is 2.41 bits per heavy atom. The first-order valence-electron chi connectivity index (χ1n) is 10.7. The van der Waals surface area contributed by atoms with Crippen LogP contribution in [-0.2, 0) is 16.1 Å². The fourth-order valence-electron chi connectivity index (χ4n) is 3.96. The lowest BCUT2D eigenvalue weighted by atomic mass is 9.95. The van der Waals surface area contributed by atoms with Gasteiger partial charge in [0.05, 0.1) is 25.3 Å². The van der Waals surface area contributed by atoms with Crippen molar-refractivity contribution in [1.29, 1.82) is 0 Å². The molecule has 0 spiro atoms. The quantitative estimate of drug-likeness (QED) is 0.321. The number of ether oxygens (including phenoxy) is 2. The van der Waals surface area contributed by atoms with Gasteiger partial charge in [-0.15, -0.1) is 0 Å². The van der Waals surface area contributed by atoms with E-state index in [-0.39, 0.29) is 23.4 Å². The molecule has 1 aliphatic heterocycles. The summed E-state index contributed by atoms with van der Waals surface area (Å²) in [5, 5.41) is 11.1. The van der Waals surface area contributed by atoms with E-state index in [4.69, 9.17) is 9.47 Å². The zero-order chi connectivity index (χ0) is 24.2. The minimum Gasteiger partial charge on any atom is -0.507 e. The van der Waals surface area contributed by atoms with Crippen molar-refractivity contribution in [3.8, 4) is 11.5 Å². The molecule has 1 aliphatic rings. The van der Waals surface area contributed by atoms with Crippen LogP contribution in [0, 0.1) is 5.82 Å². The van der Waals surface area contributed by atoms with E-state index in [1.54, 1.807) is 48.8 Å². The van der Waals surface area contributed by atoms with E-state index in [0.29, 0.717) is 17.9 Å². The first kappa shape index (κ1) is 23.0. The van der Waals surface area contributed by atoms with Crippen LogP contribution in [0.4, 0.5) is 4.39 Å². The first-order chi connectivity index (χ1) is 16.4. The van der Waals surface area contributed by atoms with Crippen molar-refractivity contribution in [2.24, 2.45) is 0 Å². The molecule has 1 amide bonds. The van der Waals surface area contributed by atoms with E-state index in [1.165, 1.54) is 24.1 Å². The molecule has 0 bridgehead atoms. The number of hydrogen-bond acceptors (Lipinski definition) is 6. The normalized spacial score (nSPS) is 17.1. The molecule has 3 aromatic rings. The Labute approximate surface area is 196 Å². The molecule has 7 nitrogen and oxygen atoms in total. The summed E-state index contributed by atoms with van der Waals surface area (Å²) in [6.45, 7) is 2.48. The Kier molecular flexibility index (Phi) is 6.58. The topological polar surface area (TPSA) is 89.0 Å². The third-order valence-corrected chi connectivity index (χ3v) is 5.57. The Morgan fingerprint density at radius 1 is 1.09 bits per heavy atom. The lowest BCUT2D eigenvalue weighted by Crippen LogP contribution is -2.29. The molecule has 34 heavy (non-hydrogen) atoms. The van der Waals surface area contributed by atoms with Crippen molar-refractivity contribution in [2.75, 3.05) is 13.7 Å². The summed E-state index contributed by atoms with van der Waals surface area (Å²) in [6.07, 6.45) is 3.19. The van der Waals surface area contributed by atoms with Gasteiger partial charge in [-0.2, -0.15) is 0 Å². The van der Waals surface area contributed by atoms with Gasteiger partial charge in [-0.25, -0.2) is 4.39 Å². The average molecular weight is 462 g/mol. The summed E-state index contributed by atoms with van der Waals surface area (Å²) in [5.74, 6) is -2.13. The molecule has 1 saturated heterocycles. The number of nitrogens with zero attached hydrogens (tertiary/aromatic N) is 2. The molecule has 1 atom stereocenters. The van der Waals surface area contributed by atoms with Crippen LogP contribution in [0.25, 0.3) is 5.76 Å². The van der Waals surface area contributed by atoms with E-state index in [1.807, 2.05) is 6.92 Å². The maximum absolute atomic E-state index is 14.3. The van der Waals surface area contributed by atoms with Gasteiger partial charge in [0.15, 0.2) is 11.6 Å². The van der Waals surface area contributed by atoms with Gasteiger partial charge in [-0.05, 0) is 60.5 Å². The number of amides is 1. The van der Waals surface area contributed by atoms with Crippen molar-refractivity contribution in [1.82, 2.24) is 9.88 Å². The lowest BCUT2D eigenvalue weighted by molar-refractivity contribution is -0.140. The second-order valence-electron chi connectivity index (χ2n) is 7.63. The largest absolute Gasteiger partial charge is 0.507 e. The highest BCUT2D eigenvalue weighted by Crippen LogP contribution is 2.41. The van der Waals surface area contributed by atoms with Crippen molar-refractivity contribution in [3.05, 3.63) is 95.1 Å². The van der Waals surface area contributed by atoms with Crippen LogP contribution in [0.15, 0.2) is 72.6 Å². The molecule has 174 valence electrons. The second kappa shape index (κ2) is 9.74. The fourth-order valence-corrected chi connectivity index (χ4v) is 3.96. The smallest absolute Gasteiger partial charge is 0.295 e. The number of Topliss-reactive ketones (excluding diaryl/α,β-unsaturated/α-hetero) is 1. The Morgan fingerprint density at radius 2 is 1.79 bits per heavy atom. The molecular formula is C26H23FN2O5. The summed E-state index contributed by atoms with van der Waals surface area (Å²) in [4.78, 5) is 31.6. The number of carbonyl (C=O) groups excluding carboxylic acids is 2. The Hall–Kier alpha value is -4.20. The molecule has 0 radical (unpaired) electrons. The van der Waals surface area contributed by atoms with Gasteiger partial charge in [0.25, 0.3) is 11.7 Å². The number of aliphatic hydroxyl groups is 1. The number of likely N-dealkylation sites (tertiary alicyclic amines) is 1. The highest BCUT2D eigenvalue weighted by molar-refractivity contribution is 6.46. The molecule has 2 heterocycles. The lowest BCUT2D eigenvalue weighted by Gasteiger charge is -2.25. The fraction of sp³-hybridized carbons (Fsp3) is 0.192. The van der Waals surface area contributed by atoms with Crippen molar-refractivity contribution >= 4 is 17.4 Å². The van der Waals surface area contributed by atoms with Crippen LogP contribution in [0.2, 0.25) is 0 Å². The molecule has 4 rings (SSSR count). The van der Waals surface area contributed by atoms with Crippen molar-refractivity contribution in [2.45, 2.75) is 19.5 Å². The Bertz CT molecular complexity index is 1240. The van der Waals surface area contributed by atoms with Crippen LogP contribution >= 0.6 is 0 Å². The van der Waals surface area contributed by atoms with Gasteiger partial charge in [0.2, 0.25) is 0 Å². The summed E-state index contributed by atoms with van der Waals surface area (Å²) in [6, 6.07) is 13.4. The summed E-state index contributed by atoms with van der Waals surface area (Å²) in [5.41, 5.74) is 1.32. The number of aliphatic hydroxyl groups excluding tert-OH is 1. The molecule has 1 N–H and O–H groups in total. The van der Waals surface area contributed by atoms with Crippen LogP contribution in [0.1, 0.15) is 29.7 Å². The van der Waals surface area contributed by atoms with Crippen molar-refractivity contribution in [3.63, 3.8) is 0 Å². The first-order valence-corrected chi connectivity index (χ1v) is 10.7. The van der Waals surface area contributed by atoms with Gasteiger partial charge in [0, 0.05) is 24.5 Å². The monoisotopic (exact) mass is 462 g/mol. The highest BCUT2D eigenvalue weighted by Gasteiger charge is 2.46. The SMILES string of the molecule is CCOc1ccc([C@H]2C(=C(O)c3ccc(OC)c(F)c3)C(=O)C(=O)N2Cc2ccncc2)cc1. The van der Waals surface area contributed by atoms with E-state index < -0.39 is 29.3 Å². The maximum atomic E-state index is 14.3. The summed E-state index contributed by atoms with van der Waals surface area (Å²) < 4.78 is 24.8. The number of pyridine rings is 1. The standard InChI is InChI=1S/C26H23FN2O5/c1-3-34-19-7-4-17(5-8-19)23-22(24(30)18-6-9-21(33-2)20(27)14-18)25(31)26(32)29(23)15-16-10-12-28-13-11-16/h4-14,23,30H,3,15H2,1-2H3/t23-/m0/s1. The number of aromatic nitrogens is 1. The molecule has 0 aliphatic carbocycles. The van der Waals surface area contributed by atoms with E-state index in [9.17, 15) is 19.1 Å². The van der Waals surface area contributed by atoms with Gasteiger partial charge in [-0.1, -0.05) is 12.1 Å². The number of benzene rings is 2. The zero-order valence-corrected chi connectivity index (χ0v) is 18.7. The molecule has 0 unspecified atom stereocenters. The van der Waals surface area contributed by atoms with Crippen LogP contribution in [-0.4, -0.2) is 40.4 Å². The van der Waals surface area contributed by atoms with Gasteiger partial charge in [0.1, 0.15) is 11.5 Å². The molecule has 2 aromatic carbocycles. The number of halogens is 1. The average Bonchev–Trinajstić information content (AvgIpc) is 3.10. The second-order valence-corrected chi connectivity index (χ2v) is 7.63. The number of carbonyl (C=O) groups is 2. The molecule has 8 heteroatoms. The van der Waals surface area contributed by atoms with Gasteiger partial charge < -0.3 is 19.5 Å². The molecule has 1 aromatic heterocycles. The minimum absolute atomic E-state index is 0.00208. The maximum Gasteiger partial charge on any atom is 0.295 e. The molecular weight excluding hydrogens is 439 g/mol. The minimum atomic E-state index is -0.881. The van der Waals surface area contributed by atoms with E-state index in [2.05, 4.69) is 4.98 Å². The van der Waals surface area contributed by atoms with Crippen LogP contribution in [0.5, 0.6) is 11.5 Å². The Balaban J connectivity index is 1.84. The van der Waals surface area contributed by atoms with E-state index in [0.717, 1.165) is 11.6 Å². The van der Waals surface area contributed by atoms with Crippen molar-refractivity contribution < 1.29 is 28.6 Å². The van der Waals surface area contributed by atoms with Crippen LogP contribution in [0.3, 0.4) is 0 Å². The van der Waals surface area contributed by atoms with E-state index >= 15 is 0 Å². The van der Waals surface area contributed by atoms with Gasteiger partial charge >= 0.3 is 0 Å². The molecule has 0 saturated carbocycles. The predicted molar refractivity (Wildman–Crippen MR) is 123 cm³/mol. The number of rotatable bonds is 7. The van der Waals surface area contributed by atoms with Crippen LogP contribution < -0.4 is 9.47 Å². The van der Waals surface area contributed by atoms with Gasteiger partial charge in [-0.3, -0.25) is 14.6 Å². The molecule has 1 fully saturated rings. The third kappa shape index (κ3) is 4.34.